The SMILES string of the molecule is O=C1N(Cc2ccccc2)CCC12CCN(CCC1CCCc3sccc31)CC2. The molecule has 3 heterocycles. The van der Waals surface area contributed by atoms with Gasteiger partial charge in [0.05, 0.1) is 5.41 Å². The third-order valence-corrected chi connectivity index (χ3v) is 8.60. The van der Waals surface area contributed by atoms with Crippen LogP contribution in [0.1, 0.15) is 60.4 Å². The van der Waals surface area contributed by atoms with E-state index in [0.29, 0.717) is 5.91 Å². The van der Waals surface area contributed by atoms with Gasteiger partial charge in [-0.3, -0.25) is 4.79 Å². The molecule has 3 nitrogen and oxygen atoms in total. The predicted octanol–water partition coefficient (Wildman–Crippen LogP) is 5.07. The highest BCUT2D eigenvalue weighted by Crippen LogP contribution is 2.42. The monoisotopic (exact) mass is 408 g/mol. The molecule has 0 saturated carbocycles. The van der Waals surface area contributed by atoms with Crippen LogP contribution in [0.4, 0.5) is 0 Å². The number of likely N-dealkylation sites (tertiary alicyclic amines) is 2. The number of thiophene rings is 1. The Bertz CT molecular complexity index is 838. The van der Waals surface area contributed by atoms with E-state index in [4.69, 9.17) is 0 Å². The third-order valence-electron chi connectivity index (χ3n) is 7.60. The quantitative estimate of drug-likeness (QED) is 0.689. The van der Waals surface area contributed by atoms with Gasteiger partial charge >= 0.3 is 0 Å². The van der Waals surface area contributed by atoms with E-state index >= 15 is 0 Å². The first kappa shape index (κ1) is 19.3. The Morgan fingerprint density at radius 1 is 1.03 bits per heavy atom. The van der Waals surface area contributed by atoms with Crippen LogP contribution in [0, 0.1) is 5.41 Å². The Labute approximate surface area is 178 Å². The number of amides is 1. The Morgan fingerprint density at radius 3 is 2.66 bits per heavy atom. The lowest BCUT2D eigenvalue weighted by Crippen LogP contribution is -2.45. The van der Waals surface area contributed by atoms with Gasteiger partial charge in [-0.15, -0.1) is 11.3 Å². The zero-order chi connectivity index (χ0) is 19.7. The molecule has 1 atom stereocenters. The summed E-state index contributed by atoms with van der Waals surface area (Å²) >= 11 is 1.95. The molecule has 5 rings (SSSR count). The number of hydrogen-bond donors (Lipinski definition) is 0. The molecule has 0 radical (unpaired) electrons. The molecule has 1 aliphatic carbocycles. The summed E-state index contributed by atoms with van der Waals surface area (Å²) in [5.74, 6) is 1.17. The lowest BCUT2D eigenvalue weighted by atomic mass is 9.77. The number of hydrogen-bond acceptors (Lipinski definition) is 3. The van der Waals surface area contributed by atoms with E-state index in [9.17, 15) is 4.79 Å². The summed E-state index contributed by atoms with van der Waals surface area (Å²) in [5.41, 5.74) is 2.81. The summed E-state index contributed by atoms with van der Waals surface area (Å²) in [6, 6.07) is 12.8. The van der Waals surface area contributed by atoms with Crippen LogP contribution in [-0.4, -0.2) is 41.9 Å². The second kappa shape index (κ2) is 8.23. The molecule has 0 bridgehead atoms. The molecular weight excluding hydrogens is 376 g/mol. The molecule has 154 valence electrons. The van der Waals surface area contributed by atoms with Gasteiger partial charge in [-0.1, -0.05) is 30.3 Å². The van der Waals surface area contributed by atoms with Crippen molar-refractivity contribution in [2.24, 2.45) is 5.41 Å². The maximum absolute atomic E-state index is 13.2. The van der Waals surface area contributed by atoms with Crippen molar-refractivity contribution in [2.45, 2.75) is 57.4 Å². The topological polar surface area (TPSA) is 23.6 Å². The van der Waals surface area contributed by atoms with E-state index < -0.39 is 0 Å². The minimum absolute atomic E-state index is 0.0728. The van der Waals surface area contributed by atoms with Crippen molar-refractivity contribution in [3.05, 3.63) is 57.8 Å². The Kier molecular flexibility index (Phi) is 5.49. The van der Waals surface area contributed by atoms with Crippen molar-refractivity contribution < 1.29 is 4.79 Å². The average molecular weight is 409 g/mol. The summed E-state index contributed by atoms with van der Waals surface area (Å²) in [6.07, 6.45) is 8.42. The minimum atomic E-state index is -0.0728. The van der Waals surface area contributed by atoms with Gasteiger partial charge in [0, 0.05) is 18.0 Å². The molecule has 0 N–H and O–H groups in total. The number of carbonyl (C=O) groups excluding carboxylic acids is 1. The minimum Gasteiger partial charge on any atom is -0.338 e. The Balaban J connectivity index is 1.13. The van der Waals surface area contributed by atoms with E-state index in [2.05, 4.69) is 45.5 Å². The van der Waals surface area contributed by atoms with Crippen molar-refractivity contribution in [1.82, 2.24) is 9.80 Å². The number of carbonyl (C=O) groups is 1. The normalized spacial score (nSPS) is 24.2. The van der Waals surface area contributed by atoms with Crippen LogP contribution >= 0.6 is 11.3 Å². The molecule has 2 aromatic rings. The van der Waals surface area contributed by atoms with E-state index in [1.165, 1.54) is 37.8 Å². The van der Waals surface area contributed by atoms with Gasteiger partial charge in [-0.05, 0) is 93.1 Å². The smallest absolute Gasteiger partial charge is 0.229 e. The number of rotatable bonds is 5. The molecule has 2 fully saturated rings. The molecular formula is C25H32N2OS. The van der Waals surface area contributed by atoms with Gasteiger partial charge in [-0.25, -0.2) is 0 Å². The zero-order valence-electron chi connectivity index (χ0n) is 17.3. The molecule has 1 spiro atoms. The van der Waals surface area contributed by atoms with Crippen LogP contribution in [0.2, 0.25) is 0 Å². The van der Waals surface area contributed by atoms with Crippen molar-refractivity contribution in [3.8, 4) is 0 Å². The van der Waals surface area contributed by atoms with Gasteiger partial charge < -0.3 is 9.80 Å². The molecule has 2 saturated heterocycles. The number of benzene rings is 1. The van der Waals surface area contributed by atoms with E-state index in [1.807, 2.05) is 17.4 Å². The van der Waals surface area contributed by atoms with E-state index in [1.54, 1.807) is 10.4 Å². The van der Waals surface area contributed by atoms with E-state index in [0.717, 1.165) is 51.4 Å². The lowest BCUT2D eigenvalue weighted by molar-refractivity contribution is -0.138. The largest absolute Gasteiger partial charge is 0.338 e. The molecule has 1 aromatic heterocycles. The van der Waals surface area contributed by atoms with Crippen LogP contribution in [0.5, 0.6) is 0 Å². The molecule has 4 heteroatoms. The first-order valence-corrected chi connectivity index (χ1v) is 12.2. The fourth-order valence-corrected chi connectivity index (χ4v) is 6.75. The highest BCUT2D eigenvalue weighted by atomic mass is 32.1. The van der Waals surface area contributed by atoms with Crippen molar-refractivity contribution in [3.63, 3.8) is 0 Å². The summed E-state index contributed by atoms with van der Waals surface area (Å²) in [7, 11) is 0. The van der Waals surface area contributed by atoms with Crippen molar-refractivity contribution >= 4 is 17.2 Å². The van der Waals surface area contributed by atoms with Crippen LogP contribution < -0.4 is 0 Å². The maximum atomic E-state index is 13.2. The predicted molar refractivity (Wildman–Crippen MR) is 119 cm³/mol. The van der Waals surface area contributed by atoms with Gasteiger partial charge in [0.15, 0.2) is 0 Å². The number of aryl methyl sites for hydroxylation is 1. The highest BCUT2D eigenvalue weighted by molar-refractivity contribution is 7.10. The van der Waals surface area contributed by atoms with Crippen molar-refractivity contribution in [1.29, 1.82) is 0 Å². The molecule has 29 heavy (non-hydrogen) atoms. The summed E-state index contributed by atoms with van der Waals surface area (Å²) in [6.45, 7) is 5.08. The summed E-state index contributed by atoms with van der Waals surface area (Å²) in [5, 5.41) is 2.28. The standard InChI is InChI=1S/C25H32N2OS/c28-24-25(13-17-27(24)19-20-5-2-1-3-6-20)11-15-26(16-12-25)14-9-21-7-4-8-23-22(21)10-18-29-23/h1-3,5-6,10,18,21H,4,7-9,11-17,19H2. The molecule has 1 amide bonds. The van der Waals surface area contributed by atoms with Crippen molar-refractivity contribution in [2.75, 3.05) is 26.2 Å². The fraction of sp³-hybridized carbons (Fsp3) is 0.560. The lowest BCUT2D eigenvalue weighted by Gasteiger charge is -2.38. The highest BCUT2D eigenvalue weighted by Gasteiger charge is 2.47. The molecule has 1 unspecified atom stereocenters. The summed E-state index contributed by atoms with van der Waals surface area (Å²) in [4.78, 5) is 19.6. The van der Waals surface area contributed by atoms with Gasteiger partial charge in [0.2, 0.25) is 5.91 Å². The summed E-state index contributed by atoms with van der Waals surface area (Å²) < 4.78 is 0. The molecule has 2 aliphatic heterocycles. The number of nitrogens with zero attached hydrogens (tertiary/aromatic N) is 2. The Hall–Kier alpha value is -1.65. The fourth-order valence-electron chi connectivity index (χ4n) is 5.74. The third kappa shape index (κ3) is 3.89. The Morgan fingerprint density at radius 2 is 1.83 bits per heavy atom. The second-order valence-electron chi connectivity index (χ2n) is 9.26. The van der Waals surface area contributed by atoms with Crippen LogP contribution in [0.15, 0.2) is 41.8 Å². The number of piperidine rings is 1. The molecule has 3 aliphatic rings. The average Bonchev–Trinajstić information content (AvgIpc) is 3.36. The van der Waals surface area contributed by atoms with Gasteiger partial charge in [0.1, 0.15) is 0 Å². The first-order chi connectivity index (χ1) is 14.2. The van der Waals surface area contributed by atoms with Gasteiger partial charge in [-0.2, -0.15) is 0 Å². The maximum Gasteiger partial charge on any atom is 0.229 e. The second-order valence-corrected chi connectivity index (χ2v) is 10.3. The number of fused-ring (bicyclic) bond motifs is 1. The van der Waals surface area contributed by atoms with Crippen LogP contribution in [-0.2, 0) is 17.8 Å². The van der Waals surface area contributed by atoms with E-state index in [-0.39, 0.29) is 5.41 Å². The van der Waals surface area contributed by atoms with Gasteiger partial charge in [0.25, 0.3) is 0 Å². The van der Waals surface area contributed by atoms with Crippen LogP contribution in [0.3, 0.4) is 0 Å². The zero-order valence-corrected chi connectivity index (χ0v) is 18.1. The first-order valence-electron chi connectivity index (χ1n) is 11.4. The van der Waals surface area contributed by atoms with Crippen LogP contribution in [0.25, 0.3) is 0 Å². The molecule has 1 aromatic carbocycles.